The quantitative estimate of drug-likeness (QED) is 0.0948. The van der Waals surface area contributed by atoms with E-state index in [2.05, 4.69) is 46.8 Å². The van der Waals surface area contributed by atoms with E-state index in [1.807, 2.05) is 0 Å². The Kier molecular flexibility index (Phi) is 24.7. The second kappa shape index (κ2) is 25.1. The van der Waals surface area contributed by atoms with Crippen molar-refractivity contribution in [1.82, 2.24) is 0 Å². The zero-order valence-corrected chi connectivity index (χ0v) is 25.2. The van der Waals surface area contributed by atoms with E-state index in [1.54, 1.807) is 5.57 Å². The highest BCUT2D eigenvalue weighted by molar-refractivity contribution is 5.14. The fraction of sp³-hybridized carbons (Fsp3) is 0.882. The number of hydrogen-bond donors (Lipinski definition) is 1. The first kappa shape index (κ1) is 34.4. The van der Waals surface area contributed by atoms with Crippen LogP contribution in [0.1, 0.15) is 182 Å². The van der Waals surface area contributed by atoms with Gasteiger partial charge >= 0.3 is 0 Å². The molecule has 0 amide bonds. The summed E-state index contributed by atoms with van der Waals surface area (Å²) < 4.78 is 0. The Morgan fingerprint density at radius 1 is 0.543 bits per heavy atom. The molecular weight excluding hydrogens is 422 g/mol. The van der Waals surface area contributed by atoms with Crippen LogP contribution in [0.5, 0.6) is 0 Å². The van der Waals surface area contributed by atoms with Gasteiger partial charge < -0.3 is 5.73 Å². The van der Waals surface area contributed by atoms with Crippen LogP contribution in [0.4, 0.5) is 0 Å². The summed E-state index contributed by atoms with van der Waals surface area (Å²) >= 11 is 0. The Balaban J connectivity index is 5.26. The molecule has 0 aliphatic carbocycles. The van der Waals surface area contributed by atoms with Crippen molar-refractivity contribution in [3.05, 3.63) is 23.3 Å². The lowest BCUT2D eigenvalue weighted by molar-refractivity contribution is 0.244. The van der Waals surface area contributed by atoms with Crippen molar-refractivity contribution in [3.63, 3.8) is 0 Å². The molecule has 35 heavy (non-hydrogen) atoms. The Morgan fingerprint density at radius 2 is 0.914 bits per heavy atom. The molecule has 0 radical (unpaired) electrons. The van der Waals surface area contributed by atoms with Crippen LogP contribution >= 0.6 is 0 Å². The van der Waals surface area contributed by atoms with Gasteiger partial charge in [-0.1, -0.05) is 160 Å². The molecule has 0 spiro atoms. The molecule has 0 saturated heterocycles. The Labute approximate surface area is 223 Å². The maximum absolute atomic E-state index is 5.73. The molecule has 0 bridgehead atoms. The zero-order valence-electron chi connectivity index (χ0n) is 25.2. The Hall–Kier alpha value is -0.560. The van der Waals surface area contributed by atoms with E-state index in [1.165, 1.54) is 147 Å². The molecule has 2 N–H and O–H groups in total. The van der Waals surface area contributed by atoms with Gasteiger partial charge in [0.05, 0.1) is 0 Å². The van der Waals surface area contributed by atoms with E-state index in [9.17, 15) is 0 Å². The summed E-state index contributed by atoms with van der Waals surface area (Å²) in [5.41, 5.74) is 9.35. The molecule has 0 aromatic rings. The average Bonchev–Trinajstić information content (AvgIpc) is 2.85. The smallest absolute Gasteiger partial charge is 0.0109 e. The molecular formula is C34H67N. The maximum atomic E-state index is 5.73. The third-order valence-electron chi connectivity index (χ3n) is 8.32. The second-order valence-electron chi connectivity index (χ2n) is 11.5. The van der Waals surface area contributed by atoms with Gasteiger partial charge in [0.2, 0.25) is 0 Å². The molecule has 208 valence electrons. The molecule has 0 unspecified atom stereocenters. The van der Waals surface area contributed by atoms with Crippen LogP contribution in [-0.2, 0) is 0 Å². The SMILES string of the molecule is CCCCCCCCC(CCCCCCCC)(CCCCCCCC)C(C)=CCCC(C)=CCN. The minimum Gasteiger partial charge on any atom is -0.327 e. The molecule has 0 atom stereocenters. The lowest BCUT2D eigenvalue weighted by atomic mass is 9.69. The van der Waals surface area contributed by atoms with Gasteiger partial charge in [-0.05, 0) is 51.4 Å². The first-order valence-electron chi connectivity index (χ1n) is 16.1. The van der Waals surface area contributed by atoms with E-state index in [0.29, 0.717) is 12.0 Å². The van der Waals surface area contributed by atoms with Crippen LogP contribution in [0.25, 0.3) is 0 Å². The fourth-order valence-corrected chi connectivity index (χ4v) is 5.73. The number of unbranched alkanes of at least 4 members (excludes halogenated alkanes) is 15. The molecule has 0 aliphatic heterocycles. The van der Waals surface area contributed by atoms with E-state index in [0.717, 1.165) is 6.42 Å². The number of rotatable bonds is 26. The van der Waals surface area contributed by atoms with Crippen LogP contribution < -0.4 is 5.73 Å². The highest BCUT2D eigenvalue weighted by atomic mass is 14.5. The predicted octanol–water partition coefficient (Wildman–Crippen LogP) is 11.9. The van der Waals surface area contributed by atoms with Crippen molar-refractivity contribution in [2.75, 3.05) is 6.54 Å². The van der Waals surface area contributed by atoms with Gasteiger partial charge in [-0.3, -0.25) is 0 Å². The average molecular weight is 490 g/mol. The molecule has 0 saturated carbocycles. The molecule has 1 nitrogen and oxygen atoms in total. The normalized spacial score (nSPS) is 13.1. The summed E-state index contributed by atoms with van der Waals surface area (Å²) in [4.78, 5) is 0. The first-order valence-corrected chi connectivity index (χ1v) is 16.1. The number of allylic oxidation sites excluding steroid dienone is 3. The Bertz CT molecular complexity index is 460. The summed E-state index contributed by atoms with van der Waals surface area (Å²) in [6.07, 6.45) is 36.9. The van der Waals surface area contributed by atoms with Crippen molar-refractivity contribution < 1.29 is 0 Å². The fourth-order valence-electron chi connectivity index (χ4n) is 5.73. The van der Waals surface area contributed by atoms with Gasteiger partial charge in [-0.25, -0.2) is 0 Å². The highest BCUT2D eigenvalue weighted by Gasteiger charge is 2.30. The van der Waals surface area contributed by atoms with E-state index >= 15 is 0 Å². The van der Waals surface area contributed by atoms with E-state index in [-0.39, 0.29) is 0 Å². The molecule has 0 aliphatic rings. The standard InChI is InChI=1S/C34H67N/c1-6-9-12-15-18-21-28-34(29-22-19-16-13-10-7-2,30-23-20-17-14-11-8-3)33(5)26-24-25-32(4)27-31-35/h26-27H,6-25,28-31,35H2,1-5H3. The van der Waals surface area contributed by atoms with Crippen LogP contribution in [0, 0.1) is 5.41 Å². The summed E-state index contributed by atoms with van der Waals surface area (Å²) in [6.45, 7) is 12.4. The van der Waals surface area contributed by atoms with Crippen molar-refractivity contribution in [1.29, 1.82) is 0 Å². The first-order chi connectivity index (χ1) is 17.1. The molecule has 0 aromatic carbocycles. The highest BCUT2D eigenvalue weighted by Crippen LogP contribution is 2.44. The van der Waals surface area contributed by atoms with Gasteiger partial charge in [0.25, 0.3) is 0 Å². The predicted molar refractivity (Wildman–Crippen MR) is 162 cm³/mol. The number of nitrogens with two attached hydrogens (primary N) is 1. The van der Waals surface area contributed by atoms with Crippen LogP contribution in [0.3, 0.4) is 0 Å². The maximum Gasteiger partial charge on any atom is 0.0109 e. The van der Waals surface area contributed by atoms with Gasteiger partial charge in [0.1, 0.15) is 0 Å². The summed E-state index contributed by atoms with van der Waals surface area (Å²) in [5, 5.41) is 0. The lowest BCUT2D eigenvalue weighted by Crippen LogP contribution is -2.23. The van der Waals surface area contributed by atoms with Gasteiger partial charge in [0.15, 0.2) is 0 Å². The van der Waals surface area contributed by atoms with Gasteiger partial charge in [-0.2, -0.15) is 0 Å². The van der Waals surface area contributed by atoms with Crippen molar-refractivity contribution in [2.24, 2.45) is 11.1 Å². The minimum atomic E-state index is 0.450. The second-order valence-corrected chi connectivity index (χ2v) is 11.5. The van der Waals surface area contributed by atoms with Crippen molar-refractivity contribution in [3.8, 4) is 0 Å². The summed E-state index contributed by atoms with van der Waals surface area (Å²) in [6, 6.07) is 0. The van der Waals surface area contributed by atoms with E-state index < -0.39 is 0 Å². The van der Waals surface area contributed by atoms with E-state index in [4.69, 9.17) is 5.73 Å². The summed E-state index contributed by atoms with van der Waals surface area (Å²) in [7, 11) is 0. The lowest BCUT2D eigenvalue weighted by Gasteiger charge is -2.36. The van der Waals surface area contributed by atoms with Crippen LogP contribution in [-0.4, -0.2) is 6.54 Å². The van der Waals surface area contributed by atoms with Crippen molar-refractivity contribution >= 4 is 0 Å². The van der Waals surface area contributed by atoms with Gasteiger partial charge in [-0.15, -0.1) is 0 Å². The molecule has 0 fully saturated rings. The molecule has 0 heterocycles. The molecule has 0 rings (SSSR count). The van der Waals surface area contributed by atoms with Crippen molar-refractivity contribution in [2.45, 2.75) is 182 Å². The topological polar surface area (TPSA) is 26.0 Å². The van der Waals surface area contributed by atoms with Crippen LogP contribution in [0.15, 0.2) is 23.3 Å². The molecule has 1 heteroatoms. The largest absolute Gasteiger partial charge is 0.327 e. The third-order valence-corrected chi connectivity index (χ3v) is 8.32. The minimum absolute atomic E-state index is 0.450. The number of hydrogen-bond acceptors (Lipinski definition) is 1. The summed E-state index contributed by atoms with van der Waals surface area (Å²) in [5.74, 6) is 0. The molecule has 0 aromatic heterocycles. The van der Waals surface area contributed by atoms with Crippen LogP contribution in [0.2, 0.25) is 0 Å². The third kappa shape index (κ3) is 19.2. The monoisotopic (exact) mass is 490 g/mol. The Morgan fingerprint density at radius 3 is 1.29 bits per heavy atom. The van der Waals surface area contributed by atoms with Gasteiger partial charge in [0, 0.05) is 6.54 Å². The zero-order chi connectivity index (χ0) is 26.0.